The highest BCUT2D eigenvalue weighted by atomic mass is 35.5. The minimum absolute atomic E-state index is 0.00426. The van der Waals surface area contributed by atoms with Crippen molar-refractivity contribution in [3.8, 4) is 5.69 Å². The van der Waals surface area contributed by atoms with E-state index in [1.165, 1.54) is 0 Å². The Labute approximate surface area is 150 Å². The van der Waals surface area contributed by atoms with Gasteiger partial charge in [0, 0.05) is 35.9 Å². The average Bonchev–Trinajstić information content (AvgIpc) is 3.13. The molecule has 0 radical (unpaired) electrons. The Balaban J connectivity index is 1.47. The number of hydrogen-bond acceptors (Lipinski definition) is 3. The lowest BCUT2D eigenvalue weighted by Crippen LogP contribution is -2.15. The summed E-state index contributed by atoms with van der Waals surface area (Å²) in [6, 6.07) is 9.32. The van der Waals surface area contributed by atoms with Gasteiger partial charge >= 0.3 is 0 Å². The zero-order chi connectivity index (χ0) is 17.6. The number of nitrogens with zero attached hydrogens (tertiary/aromatic N) is 4. The number of anilines is 1. The highest BCUT2D eigenvalue weighted by molar-refractivity contribution is 6.30. The van der Waals surface area contributed by atoms with Gasteiger partial charge in [0.05, 0.1) is 11.9 Å². The number of aryl methyl sites for hydroxylation is 2. The summed E-state index contributed by atoms with van der Waals surface area (Å²) in [6.45, 7) is 1.94. The minimum atomic E-state index is -0.0131. The molecule has 0 spiro atoms. The fourth-order valence-corrected chi connectivity index (χ4v) is 3.29. The van der Waals surface area contributed by atoms with Gasteiger partial charge in [0.1, 0.15) is 0 Å². The van der Waals surface area contributed by atoms with Crippen LogP contribution in [0.5, 0.6) is 0 Å². The van der Waals surface area contributed by atoms with Gasteiger partial charge in [-0.3, -0.25) is 9.48 Å². The Hall–Kier alpha value is -2.60. The first-order valence-electron chi connectivity index (χ1n) is 8.13. The Morgan fingerprint density at radius 3 is 2.92 bits per heavy atom. The maximum atomic E-state index is 12.5. The van der Waals surface area contributed by atoms with Crippen LogP contribution in [-0.4, -0.2) is 25.5 Å². The number of aromatic nitrogens is 4. The van der Waals surface area contributed by atoms with Crippen LogP contribution in [0.2, 0.25) is 5.02 Å². The van der Waals surface area contributed by atoms with Crippen LogP contribution in [0.25, 0.3) is 5.69 Å². The fraction of sp³-hybridized carbons (Fsp3) is 0.278. The third-order valence-corrected chi connectivity index (χ3v) is 4.71. The lowest BCUT2D eigenvalue weighted by atomic mass is 10.2. The lowest BCUT2D eigenvalue weighted by molar-refractivity contribution is -0.117. The van der Waals surface area contributed by atoms with Crippen LogP contribution in [0.15, 0.2) is 42.7 Å². The number of hydrogen-bond donors (Lipinski definition) is 1. The SMILES string of the molecule is Cc1cc(NC(=O)[C@@H]2C[C@H]2c2cnn(C)c2)nn1-c1cccc(Cl)c1. The van der Waals surface area contributed by atoms with E-state index in [1.807, 2.05) is 56.7 Å². The molecule has 6 nitrogen and oxygen atoms in total. The molecule has 3 aromatic rings. The van der Waals surface area contributed by atoms with E-state index in [4.69, 9.17) is 11.6 Å². The second kappa shape index (κ2) is 6.04. The van der Waals surface area contributed by atoms with Crippen molar-refractivity contribution in [2.45, 2.75) is 19.3 Å². The molecule has 7 heteroatoms. The molecule has 25 heavy (non-hydrogen) atoms. The average molecular weight is 356 g/mol. The van der Waals surface area contributed by atoms with Crippen LogP contribution in [0.4, 0.5) is 5.82 Å². The van der Waals surface area contributed by atoms with Crippen LogP contribution >= 0.6 is 11.6 Å². The van der Waals surface area contributed by atoms with Crippen molar-refractivity contribution in [3.63, 3.8) is 0 Å². The molecule has 0 saturated heterocycles. The molecular weight excluding hydrogens is 338 g/mol. The summed E-state index contributed by atoms with van der Waals surface area (Å²) in [7, 11) is 1.88. The summed E-state index contributed by atoms with van der Waals surface area (Å²) < 4.78 is 3.53. The van der Waals surface area contributed by atoms with Gasteiger partial charge in [-0.2, -0.15) is 5.10 Å². The summed E-state index contributed by atoms with van der Waals surface area (Å²) in [5.74, 6) is 0.801. The molecule has 128 valence electrons. The predicted octanol–water partition coefficient (Wildman–Crippen LogP) is 3.31. The normalized spacial score (nSPS) is 19.0. The third-order valence-electron chi connectivity index (χ3n) is 4.47. The fourth-order valence-electron chi connectivity index (χ4n) is 3.11. The number of benzene rings is 1. The van der Waals surface area contributed by atoms with Crippen LogP contribution in [0.3, 0.4) is 0 Å². The van der Waals surface area contributed by atoms with Crippen LogP contribution < -0.4 is 5.32 Å². The van der Waals surface area contributed by atoms with Crippen molar-refractivity contribution in [1.29, 1.82) is 0 Å². The van der Waals surface area contributed by atoms with Gasteiger partial charge in [0.15, 0.2) is 5.82 Å². The highest BCUT2D eigenvalue weighted by Gasteiger charge is 2.44. The molecule has 1 saturated carbocycles. The quantitative estimate of drug-likeness (QED) is 0.780. The van der Waals surface area contributed by atoms with E-state index < -0.39 is 0 Å². The topological polar surface area (TPSA) is 64.7 Å². The van der Waals surface area contributed by atoms with Gasteiger partial charge in [0.25, 0.3) is 0 Å². The first-order chi connectivity index (χ1) is 12.0. The van der Waals surface area contributed by atoms with Gasteiger partial charge in [-0.15, -0.1) is 5.10 Å². The largest absolute Gasteiger partial charge is 0.309 e. The molecule has 1 aromatic carbocycles. The smallest absolute Gasteiger partial charge is 0.229 e. The summed E-state index contributed by atoms with van der Waals surface area (Å²) in [5.41, 5.74) is 2.91. The molecule has 2 atom stereocenters. The molecule has 1 amide bonds. The number of amides is 1. The molecular formula is C18H18ClN5O. The van der Waals surface area contributed by atoms with Crippen molar-refractivity contribution in [2.75, 3.05) is 5.32 Å². The molecule has 1 aliphatic rings. The molecule has 1 aliphatic carbocycles. The molecule has 2 heterocycles. The van der Waals surface area contributed by atoms with E-state index in [2.05, 4.69) is 15.5 Å². The summed E-state index contributed by atoms with van der Waals surface area (Å²) in [6.07, 6.45) is 4.65. The Bertz CT molecular complexity index is 945. The van der Waals surface area contributed by atoms with E-state index in [-0.39, 0.29) is 17.7 Å². The summed E-state index contributed by atoms with van der Waals surface area (Å²) >= 11 is 6.05. The van der Waals surface area contributed by atoms with Crippen molar-refractivity contribution < 1.29 is 4.79 Å². The summed E-state index contributed by atoms with van der Waals surface area (Å²) in [5, 5.41) is 12.2. The Morgan fingerprint density at radius 2 is 2.20 bits per heavy atom. The van der Waals surface area contributed by atoms with Crippen LogP contribution in [-0.2, 0) is 11.8 Å². The van der Waals surface area contributed by atoms with Gasteiger partial charge < -0.3 is 5.32 Å². The monoisotopic (exact) mass is 355 g/mol. The Morgan fingerprint density at radius 1 is 1.36 bits per heavy atom. The maximum absolute atomic E-state index is 12.5. The number of rotatable bonds is 4. The zero-order valence-electron chi connectivity index (χ0n) is 14.0. The van der Waals surface area contributed by atoms with Gasteiger partial charge in [-0.05, 0) is 43.0 Å². The zero-order valence-corrected chi connectivity index (χ0v) is 14.7. The first-order valence-corrected chi connectivity index (χ1v) is 8.51. The van der Waals surface area contributed by atoms with Gasteiger partial charge in [-0.25, -0.2) is 4.68 Å². The summed E-state index contributed by atoms with van der Waals surface area (Å²) in [4.78, 5) is 12.5. The van der Waals surface area contributed by atoms with Crippen molar-refractivity contribution >= 4 is 23.3 Å². The van der Waals surface area contributed by atoms with E-state index in [0.717, 1.165) is 23.4 Å². The second-order valence-electron chi connectivity index (χ2n) is 6.45. The molecule has 0 unspecified atom stereocenters. The molecule has 1 fully saturated rings. The van der Waals surface area contributed by atoms with Crippen molar-refractivity contribution in [2.24, 2.45) is 13.0 Å². The standard InChI is InChI=1S/C18H18ClN5O/c1-11-6-17(22-24(11)14-5-3-4-13(19)7-14)21-18(25)16-8-15(16)12-9-20-23(2)10-12/h3-7,9-10,15-16H,8H2,1-2H3,(H,21,22,25)/t15-,16+/m0/s1. The first kappa shape index (κ1) is 15.9. The number of carbonyl (C=O) groups excluding carboxylic acids is 1. The Kier molecular flexibility index (Phi) is 3.84. The van der Waals surface area contributed by atoms with E-state index in [9.17, 15) is 4.79 Å². The highest BCUT2D eigenvalue weighted by Crippen LogP contribution is 2.47. The minimum Gasteiger partial charge on any atom is -0.309 e. The van der Waals surface area contributed by atoms with Crippen LogP contribution in [0, 0.1) is 12.8 Å². The predicted molar refractivity (Wildman–Crippen MR) is 96.0 cm³/mol. The van der Waals surface area contributed by atoms with E-state index in [1.54, 1.807) is 9.36 Å². The van der Waals surface area contributed by atoms with Gasteiger partial charge in [0.2, 0.25) is 5.91 Å². The third kappa shape index (κ3) is 3.17. The molecule has 0 aliphatic heterocycles. The number of halogens is 1. The number of carbonyl (C=O) groups is 1. The molecule has 0 bridgehead atoms. The number of nitrogens with one attached hydrogen (secondary N) is 1. The molecule has 1 N–H and O–H groups in total. The lowest BCUT2D eigenvalue weighted by Gasteiger charge is -2.04. The second-order valence-corrected chi connectivity index (χ2v) is 6.88. The van der Waals surface area contributed by atoms with E-state index >= 15 is 0 Å². The molecule has 2 aromatic heterocycles. The molecule has 4 rings (SSSR count). The van der Waals surface area contributed by atoms with Crippen LogP contribution in [0.1, 0.15) is 23.6 Å². The van der Waals surface area contributed by atoms with E-state index in [0.29, 0.717) is 10.8 Å². The maximum Gasteiger partial charge on any atom is 0.229 e. The van der Waals surface area contributed by atoms with Crippen molar-refractivity contribution in [3.05, 3.63) is 59.0 Å². The van der Waals surface area contributed by atoms with Crippen molar-refractivity contribution in [1.82, 2.24) is 19.6 Å². The van der Waals surface area contributed by atoms with Gasteiger partial charge in [-0.1, -0.05) is 17.7 Å².